The average Bonchev–Trinajstić information content (AvgIpc) is 3.24. The van der Waals surface area contributed by atoms with Crippen molar-refractivity contribution >= 4 is 23.0 Å². The van der Waals surface area contributed by atoms with Crippen molar-refractivity contribution in [1.82, 2.24) is 9.80 Å². The van der Waals surface area contributed by atoms with Gasteiger partial charge in [0.1, 0.15) is 0 Å². The van der Waals surface area contributed by atoms with E-state index in [0.717, 1.165) is 50.3 Å². The number of nitrogen functional groups attached to an aromatic ring is 2. The molecule has 28 heavy (non-hydrogen) atoms. The minimum atomic E-state index is 0.0256. The van der Waals surface area contributed by atoms with E-state index in [1.54, 1.807) is 6.07 Å². The van der Waals surface area contributed by atoms with Crippen molar-refractivity contribution in [3.63, 3.8) is 0 Å². The van der Waals surface area contributed by atoms with E-state index in [9.17, 15) is 4.79 Å². The summed E-state index contributed by atoms with van der Waals surface area (Å²) in [6, 6.07) is 13.9. The van der Waals surface area contributed by atoms with Crippen LogP contribution in [0.2, 0.25) is 0 Å². The van der Waals surface area contributed by atoms with Crippen LogP contribution in [0.5, 0.6) is 0 Å². The number of carbonyl (C=O) groups is 1. The van der Waals surface area contributed by atoms with Gasteiger partial charge in [0.25, 0.3) is 5.91 Å². The molecule has 0 aliphatic carbocycles. The second-order valence-corrected chi connectivity index (χ2v) is 7.88. The molecular formula is C22H29N5O. The molecule has 1 amide bonds. The number of hydrogen-bond acceptors (Lipinski definition) is 5. The number of hydrogen-bond donors (Lipinski definition) is 2. The number of piperazine rings is 1. The van der Waals surface area contributed by atoms with Crippen LogP contribution in [0, 0.1) is 0 Å². The number of benzene rings is 2. The zero-order valence-corrected chi connectivity index (χ0v) is 16.5. The molecule has 4 N–H and O–H groups in total. The Bertz CT molecular complexity index is 848. The van der Waals surface area contributed by atoms with Crippen molar-refractivity contribution in [1.29, 1.82) is 0 Å². The molecule has 6 nitrogen and oxygen atoms in total. The molecule has 0 unspecified atom stereocenters. The highest BCUT2D eigenvalue weighted by Gasteiger charge is 2.33. The SMILES string of the molecule is CN1CCN(C(=O)c2cc(N)c(N)cc2N2CCCC2)[C@@H](c2ccccc2)C1. The predicted molar refractivity (Wildman–Crippen MR) is 114 cm³/mol. The summed E-state index contributed by atoms with van der Waals surface area (Å²) < 4.78 is 0. The van der Waals surface area contributed by atoms with Gasteiger partial charge in [0.15, 0.2) is 0 Å². The van der Waals surface area contributed by atoms with E-state index in [1.165, 1.54) is 0 Å². The van der Waals surface area contributed by atoms with Gasteiger partial charge in [0.2, 0.25) is 0 Å². The van der Waals surface area contributed by atoms with Gasteiger partial charge in [-0.1, -0.05) is 30.3 Å². The Labute approximate surface area is 166 Å². The van der Waals surface area contributed by atoms with E-state index in [1.807, 2.05) is 29.2 Å². The van der Waals surface area contributed by atoms with Crippen LogP contribution in [0.25, 0.3) is 0 Å². The van der Waals surface area contributed by atoms with Crippen LogP contribution in [0.3, 0.4) is 0 Å². The molecule has 4 rings (SSSR count). The Hall–Kier alpha value is -2.73. The number of amides is 1. The molecule has 0 bridgehead atoms. The fraction of sp³-hybridized carbons (Fsp3) is 0.409. The molecule has 0 aromatic heterocycles. The molecule has 2 fully saturated rings. The average molecular weight is 380 g/mol. The van der Waals surface area contributed by atoms with Crippen LogP contribution in [-0.4, -0.2) is 55.5 Å². The van der Waals surface area contributed by atoms with Crippen LogP contribution >= 0.6 is 0 Å². The van der Waals surface area contributed by atoms with E-state index in [2.05, 4.69) is 29.0 Å². The summed E-state index contributed by atoms with van der Waals surface area (Å²) in [5, 5.41) is 0. The fourth-order valence-electron chi connectivity index (χ4n) is 4.29. The molecule has 0 saturated carbocycles. The minimum absolute atomic E-state index is 0.0256. The van der Waals surface area contributed by atoms with Gasteiger partial charge in [-0.25, -0.2) is 0 Å². The van der Waals surface area contributed by atoms with Crippen LogP contribution in [0.1, 0.15) is 34.8 Å². The lowest BCUT2D eigenvalue weighted by Gasteiger charge is -2.41. The Morgan fingerprint density at radius 1 is 0.964 bits per heavy atom. The van der Waals surface area contributed by atoms with Crippen molar-refractivity contribution < 1.29 is 4.79 Å². The van der Waals surface area contributed by atoms with Crippen LogP contribution in [-0.2, 0) is 0 Å². The number of anilines is 3. The lowest BCUT2D eigenvalue weighted by atomic mass is 10.00. The van der Waals surface area contributed by atoms with E-state index in [4.69, 9.17) is 11.5 Å². The normalized spacial score (nSPS) is 20.5. The van der Waals surface area contributed by atoms with Crippen LogP contribution in [0.15, 0.2) is 42.5 Å². The molecule has 2 aliphatic rings. The van der Waals surface area contributed by atoms with Gasteiger partial charge in [-0.2, -0.15) is 0 Å². The van der Waals surface area contributed by atoms with E-state index in [0.29, 0.717) is 23.5 Å². The Kier molecular flexibility index (Phi) is 5.13. The molecule has 2 saturated heterocycles. The summed E-state index contributed by atoms with van der Waals surface area (Å²) >= 11 is 0. The second-order valence-electron chi connectivity index (χ2n) is 7.88. The van der Waals surface area contributed by atoms with Crippen LogP contribution in [0.4, 0.5) is 17.1 Å². The van der Waals surface area contributed by atoms with Gasteiger partial charge in [0.05, 0.1) is 28.7 Å². The highest BCUT2D eigenvalue weighted by Crippen LogP contribution is 2.34. The number of likely N-dealkylation sites (N-methyl/N-ethyl adjacent to an activating group) is 1. The van der Waals surface area contributed by atoms with Gasteiger partial charge < -0.3 is 26.2 Å². The Balaban J connectivity index is 1.72. The summed E-state index contributed by atoms with van der Waals surface area (Å²) in [4.78, 5) is 20.3. The molecule has 2 heterocycles. The molecule has 0 radical (unpaired) electrons. The third-order valence-corrected chi connectivity index (χ3v) is 5.91. The standard InChI is InChI=1S/C22H29N5O/c1-25-11-12-27(21(15-25)16-7-3-2-4-8-16)22(28)17-13-18(23)19(24)14-20(17)26-9-5-6-10-26/h2-4,7-8,13-14,21H,5-6,9-12,15,23-24H2,1H3/t21-/m1/s1. The van der Waals surface area contributed by atoms with Gasteiger partial charge in [0, 0.05) is 32.7 Å². The van der Waals surface area contributed by atoms with Crippen molar-refractivity contribution in [3.8, 4) is 0 Å². The van der Waals surface area contributed by atoms with Gasteiger partial charge in [-0.15, -0.1) is 0 Å². The third-order valence-electron chi connectivity index (χ3n) is 5.91. The van der Waals surface area contributed by atoms with Gasteiger partial charge in [-0.3, -0.25) is 4.79 Å². The molecule has 148 valence electrons. The van der Waals surface area contributed by atoms with E-state index < -0.39 is 0 Å². The summed E-state index contributed by atoms with van der Waals surface area (Å²) in [6.45, 7) is 4.28. The molecule has 0 spiro atoms. The zero-order valence-electron chi connectivity index (χ0n) is 16.5. The highest BCUT2D eigenvalue weighted by molar-refractivity contribution is 6.02. The highest BCUT2D eigenvalue weighted by atomic mass is 16.2. The maximum absolute atomic E-state index is 13.7. The second kappa shape index (κ2) is 7.72. The Morgan fingerprint density at radius 3 is 2.36 bits per heavy atom. The lowest BCUT2D eigenvalue weighted by molar-refractivity contribution is 0.0498. The number of nitrogens with two attached hydrogens (primary N) is 2. The fourth-order valence-corrected chi connectivity index (χ4v) is 4.29. The zero-order chi connectivity index (χ0) is 19.7. The number of rotatable bonds is 3. The smallest absolute Gasteiger partial charge is 0.256 e. The minimum Gasteiger partial charge on any atom is -0.397 e. The van der Waals surface area contributed by atoms with E-state index in [-0.39, 0.29) is 11.9 Å². The first-order chi connectivity index (χ1) is 13.5. The molecule has 2 aliphatic heterocycles. The van der Waals surface area contributed by atoms with Crippen molar-refractivity contribution in [2.75, 3.05) is 56.1 Å². The first-order valence-electron chi connectivity index (χ1n) is 10.0. The molecule has 2 aromatic carbocycles. The summed E-state index contributed by atoms with van der Waals surface area (Å²) in [5.41, 5.74) is 15.9. The molecule has 2 aromatic rings. The van der Waals surface area contributed by atoms with Gasteiger partial charge >= 0.3 is 0 Å². The van der Waals surface area contributed by atoms with Crippen molar-refractivity contribution in [3.05, 3.63) is 53.6 Å². The van der Waals surface area contributed by atoms with Crippen molar-refractivity contribution in [2.45, 2.75) is 18.9 Å². The monoisotopic (exact) mass is 379 g/mol. The first kappa shape index (κ1) is 18.6. The van der Waals surface area contributed by atoms with Gasteiger partial charge in [-0.05, 0) is 37.6 Å². The van der Waals surface area contributed by atoms with E-state index >= 15 is 0 Å². The predicted octanol–water partition coefficient (Wildman–Crippen LogP) is 2.58. The topological polar surface area (TPSA) is 78.8 Å². The first-order valence-corrected chi connectivity index (χ1v) is 10.0. The lowest BCUT2D eigenvalue weighted by Crippen LogP contribution is -2.49. The number of nitrogens with zero attached hydrogens (tertiary/aromatic N) is 3. The number of carbonyl (C=O) groups excluding carboxylic acids is 1. The maximum Gasteiger partial charge on any atom is 0.256 e. The largest absolute Gasteiger partial charge is 0.397 e. The molecular weight excluding hydrogens is 350 g/mol. The van der Waals surface area contributed by atoms with Crippen molar-refractivity contribution in [2.24, 2.45) is 0 Å². The molecule has 1 atom stereocenters. The summed E-state index contributed by atoms with van der Waals surface area (Å²) in [7, 11) is 2.11. The van der Waals surface area contributed by atoms with Crippen LogP contribution < -0.4 is 16.4 Å². The summed E-state index contributed by atoms with van der Waals surface area (Å²) in [5.74, 6) is 0.0375. The molecule has 6 heteroatoms. The quantitative estimate of drug-likeness (QED) is 0.802. The summed E-state index contributed by atoms with van der Waals surface area (Å²) in [6.07, 6.45) is 2.28. The third kappa shape index (κ3) is 3.52. The maximum atomic E-state index is 13.7. The Morgan fingerprint density at radius 2 is 1.64 bits per heavy atom.